The first-order valence-corrected chi connectivity index (χ1v) is 6.60. The predicted octanol–water partition coefficient (Wildman–Crippen LogP) is 3.10. The van der Waals surface area contributed by atoms with Crippen molar-refractivity contribution < 1.29 is 9.66 Å². The molecule has 0 aliphatic heterocycles. The minimum Gasteiger partial charge on any atom is -0.492 e. The van der Waals surface area contributed by atoms with Gasteiger partial charge in [0.15, 0.2) is 0 Å². The fourth-order valence-corrected chi connectivity index (χ4v) is 1.89. The minimum absolute atomic E-state index is 0.0246. The number of hydrogen-bond donors (Lipinski definition) is 1. The molecule has 0 saturated carbocycles. The van der Waals surface area contributed by atoms with Crippen molar-refractivity contribution >= 4 is 11.5 Å². The van der Waals surface area contributed by atoms with Gasteiger partial charge in [0.25, 0.3) is 5.69 Å². The van der Waals surface area contributed by atoms with Crippen molar-refractivity contribution in [3.63, 3.8) is 0 Å². The fourth-order valence-electron chi connectivity index (χ4n) is 1.89. The molecule has 0 aliphatic carbocycles. The van der Waals surface area contributed by atoms with E-state index in [1.165, 1.54) is 6.20 Å². The molecule has 2 rings (SSSR count). The van der Waals surface area contributed by atoms with Gasteiger partial charge in [-0.25, -0.2) is 4.98 Å². The van der Waals surface area contributed by atoms with Gasteiger partial charge in [-0.05, 0) is 37.6 Å². The lowest BCUT2D eigenvalue weighted by molar-refractivity contribution is -0.385. The lowest BCUT2D eigenvalue weighted by Gasteiger charge is -2.09. The van der Waals surface area contributed by atoms with Crippen molar-refractivity contribution in [1.82, 2.24) is 4.98 Å². The standard InChI is InChI=1S/C15H17N3O3/c1-11-4-3-5-13(8-11)21-7-6-16-15-9-12(2)14(10-17-15)18(19)20/h3-5,8-10H,6-7H2,1-2H3,(H,16,17). The summed E-state index contributed by atoms with van der Waals surface area (Å²) in [5, 5.41) is 13.8. The number of nitrogens with one attached hydrogen (secondary N) is 1. The number of nitro groups is 1. The van der Waals surface area contributed by atoms with Crippen LogP contribution in [0.5, 0.6) is 5.75 Å². The molecule has 1 heterocycles. The van der Waals surface area contributed by atoms with Crippen LogP contribution in [0.25, 0.3) is 0 Å². The molecule has 2 aromatic rings. The molecule has 110 valence electrons. The molecule has 0 radical (unpaired) electrons. The summed E-state index contributed by atoms with van der Waals surface area (Å²) in [6, 6.07) is 9.48. The van der Waals surface area contributed by atoms with Crippen LogP contribution in [0.2, 0.25) is 0 Å². The molecular weight excluding hydrogens is 270 g/mol. The van der Waals surface area contributed by atoms with Crippen LogP contribution in [-0.4, -0.2) is 23.1 Å². The van der Waals surface area contributed by atoms with E-state index in [2.05, 4.69) is 10.3 Å². The first kappa shape index (κ1) is 14.8. The topological polar surface area (TPSA) is 77.3 Å². The average molecular weight is 287 g/mol. The Morgan fingerprint density at radius 1 is 1.33 bits per heavy atom. The van der Waals surface area contributed by atoms with E-state index in [0.29, 0.717) is 24.5 Å². The molecular formula is C15H17N3O3. The highest BCUT2D eigenvalue weighted by molar-refractivity contribution is 5.46. The first-order chi connectivity index (χ1) is 10.1. The molecule has 21 heavy (non-hydrogen) atoms. The van der Waals surface area contributed by atoms with Crippen LogP contribution in [0.15, 0.2) is 36.5 Å². The van der Waals surface area contributed by atoms with Crippen LogP contribution in [0.1, 0.15) is 11.1 Å². The fraction of sp³-hybridized carbons (Fsp3) is 0.267. The minimum atomic E-state index is -0.438. The number of rotatable bonds is 6. The van der Waals surface area contributed by atoms with Crippen molar-refractivity contribution in [2.24, 2.45) is 0 Å². The summed E-state index contributed by atoms with van der Waals surface area (Å²) in [7, 11) is 0. The van der Waals surface area contributed by atoms with E-state index >= 15 is 0 Å². The molecule has 0 amide bonds. The second-order valence-corrected chi connectivity index (χ2v) is 4.70. The van der Waals surface area contributed by atoms with E-state index in [9.17, 15) is 10.1 Å². The van der Waals surface area contributed by atoms with E-state index in [0.717, 1.165) is 11.3 Å². The van der Waals surface area contributed by atoms with Gasteiger partial charge < -0.3 is 10.1 Å². The summed E-state index contributed by atoms with van der Waals surface area (Å²) in [4.78, 5) is 14.3. The smallest absolute Gasteiger partial charge is 0.290 e. The van der Waals surface area contributed by atoms with Gasteiger partial charge in [-0.3, -0.25) is 10.1 Å². The van der Waals surface area contributed by atoms with Crippen molar-refractivity contribution in [1.29, 1.82) is 0 Å². The molecule has 0 fully saturated rings. The number of nitrogens with zero attached hydrogens (tertiary/aromatic N) is 2. The van der Waals surface area contributed by atoms with E-state index in [1.807, 2.05) is 31.2 Å². The number of hydrogen-bond acceptors (Lipinski definition) is 5. The van der Waals surface area contributed by atoms with Gasteiger partial charge >= 0.3 is 0 Å². The maximum Gasteiger partial charge on any atom is 0.290 e. The van der Waals surface area contributed by atoms with Crippen LogP contribution < -0.4 is 10.1 Å². The van der Waals surface area contributed by atoms with Gasteiger partial charge in [-0.15, -0.1) is 0 Å². The molecule has 0 unspecified atom stereocenters. The molecule has 0 saturated heterocycles. The Balaban J connectivity index is 1.84. The summed E-state index contributed by atoms with van der Waals surface area (Å²) in [6.45, 7) is 4.75. The molecule has 0 atom stereocenters. The number of anilines is 1. The highest BCUT2D eigenvalue weighted by Gasteiger charge is 2.10. The summed E-state index contributed by atoms with van der Waals surface area (Å²) in [5.41, 5.74) is 1.75. The summed E-state index contributed by atoms with van der Waals surface area (Å²) < 4.78 is 5.60. The Kier molecular flexibility index (Phi) is 4.71. The molecule has 0 aliphatic rings. The Morgan fingerprint density at radius 3 is 2.81 bits per heavy atom. The van der Waals surface area contributed by atoms with Gasteiger partial charge in [0.2, 0.25) is 0 Å². The first-order valence-electron chi connectivity index (χ1n) is 6.60. The van der Waals surface area contributed by atoms with Crippen LogP contribution in [0.4, 0.5) is 11.5 Å². The Morgan fingerprint density at radius 2 is 2.14 bits per heavy atom. The van der Waals surface area contributed by atoms with Gasteiger partial charge in [0.05, 0.1) is 11.5 Å². The average Bonchev–Trinajstić information content (AvgIpc) is 2.43. The van der Waals surface area contributed by atoms with Crippen molar-refractivity contribution in [3.8, 4) is 5.75 Å². The van der Waals surface area contributed by atoms with Crippen molar-refractivity contribution in [2.75, 3.05) is 18.5 Å². The summed E-state index contributed by atoms with van der Waals surface area (Å²) in [5.74, 6) is 1.43. The van der Waals surface area contributed by atoms with Gasteiger partial charge in [0, 0.05) is 5.56 Å². The van der Waals surface area contributed by atoms with E-state index in [-0.39, 0.29) is 5.69 Å². The van der Waals surface area contributed by atoms with Gasteiger partial charge in [-0.2, -0.15) is 0 Å². The molecule has 6 heteroatoms. The maximum atomic E-state index is 10.7. The molecule has 0 spiro atoms. The zero-order valence-corrected chi connectivity index (χ0v) is 12.0. The highest BCUT2D eigenvalue weighted by atomic mass is 16.6. The van der Waals surface area contributed by atoms with Crippen molar-refractivity contribution in [2.45, 2.75) is 13.8 Å². The summed E-state index contributed by atoms with van der Waals surface area (Å²) in [6.07, 6.45) is 1.26. The van der Waals surface area contributed by atoms with Crippen LogP contribution >= 0.6 is 0 Å². The van der Waals surface area contributed by atoms with Gasteiger partial charge in [0.1, 0.15) is 24.4 Å². The number of benzene rings is 1. The normalized spacial score (nSPS) is 10.2. The highest BCUT2D eigenvalue weighted by Crippen LogP contribution is 2.18. The zero-order valence-electron chi connectivity index (χ0n) is 12.0. The molecule has 6 nitrogen and oxygen atoms in total. The Bertz CT molecular complexity index is 644. The van der Waals surface area contributed by atoms with E-state index in [4.69, 9.17) is 4.74 Å². The molecule has 1 aromatic heterocycles. The number of ether oxygens (including phenoxy) is 1. The second kappa shape index (κ2) is 6.69. The van der Waals surface area contributed by atoms with Crippen LogP contribution in [0, 0.1) is 24.0 Å². The third-order valence-corrected chi connectivity index (χ3v) is 2.95. The molecule has 1 aromatic carbocycles. The monoisotopic (exact) mass is 287 g/mol. The summed E-state index contributed by atoms with van der Waals surface area (Å²) >= 11 is 0. The molecule has 0 bridgehead atoms. The van der Waals surface area contributed by atoms with Crippen molar-refractivity contribution in [3.05, 3.63) is 57.8 Å². The number of aryl methyl sites for hydroxylation is 2. The number of pyridine rings is 1. The molecule has 1 N–H and O–H groups in total. The Hall–Kier alpha value is -2.63. The third kappa shape index (κ3) is 4.17. The Labute approximate surface area is 122 Å². The maximum absolute atomic E-state index is 10.7. The van der Waals surface area contributed by atoms with Gasteiger partial charge in [-0.1, -0.05) is 12.1 Å². The lowest BCUT2D eigenvalue weighted by Crippen LogP contribution is -2.12. The largest absolute Gasteiger partial charge is 0.492 e. The zero-order chi connectivity index (χ0) is 15.2. The van der Waals surface area contributed by atoms with Crippen LogP contribution in [0.3, 0.4) is 0 Å². The lowest BCUT2D eigenvalue weighted by atomic mass is 10.2. The third-order valence-electron chi connectivity index (χ3n) is 2.95. The predicted molar refractivity (Wildman–Crippen MR) is 80.8 cm³/mol. The number of aromatic nitrogens is 1. The second-order valence-electron chi connectivity index (χ2n) is 4.70. The van der Waals surface area contributed by atoms with E-state index in [1.54, 1.807) is 13.0 Å². The quantitative estimate of drug-likeness (QED) is 0.502. The SMILES string of the molecule is Cc1cccc(OCCNc2cc(C)c([N+](=O)[O-])cn2)c1. The van der Waals surface area contributed by atoms with E-state index < -0.39 is 4.92 Å². The van der Waals surface area contributed by atoms with Crippen LogP contribution in [-0.2, 0) is 0 Å².